The lowest BCUT2D eigenvalue weighted by atomic mass is 10.0. The van der Waals surface area contributed by atoms with Crippen LogP contribution in [-0.2, 0) is 6.42 Å². The molecule has 0 N–H and O–H groups in total. The Hall–Kier alpha value is -0.890. The van der Waals surface area contributed by atoms with Gasteiger partial charge in [0.25, 0.3) is 0 Å². The van der Waals surface area contributed by atoms with Crippen molar-refractivity contribution in [3.63, 3.8) is 0 Å². The summed E-state index contributed by atoms with van der Waals surface area (Å²) in [6, 6.07) is 8.51. The van der Waals surface area contributed by atoms with Gasteiger partial charge in [0.2, 0.25) is 0 Å². The van der Waals surface area contributed by atoms with E-state index >= 15 is 0 Å². The van der Waals surface area contributed by atoms with Crippen LogP contribution < -0.4 is 0 Å². The Morgan fingerprint density at radius 1 is 1.21 bits per heavy atom. The van der Waals surface area contributed by atoms with Crippen LogP contribution in [0.2, 0.25) is 0 Å². The lowest BCUT2D eigenvalue weighted by Gasteiger charge is -2.04. The topological polar surface area (TPSA) is 12.9 Å². The number of hydrogen-bond donors (Lipinski definition) is 0. The Morgan fingerprint density at radius 2 is 2.14 bits per heavy atom. The van der Waals surface area contributed by atoms with Gasteiger partial charge in [0.05, 0.1) is 0 Å². The third kappa shape index (κ3) is 1.95. The van der Waals surface area contributed by atoms with Gasteiger partial charge in [-0.3, -0.25) is 4.98 Å². The first-order valence-electron chi connectivity index (χ1n) is 4.79. The maximum atomic E-state index is 4.13. The van der Waals surface area contributed by atoms with E-state index in [2.05, 4.69) is 45.2 Å². The molecule has 2 rings (SSSR count). The molecule has 0 saturated heterocycles. The van der Waals surface area contributed by atoms with E-state index in [1.165, 1.54) is 22.8 Å². The van der Waals surface area contributed by atoms with Crippen LogP contribution in [0.3, 0.4) is 0 Å². The maximum Gasteiger partial charge on any atom is 0.0346 e. The largest absolute Gasteiger partial charge is 0.264 e. The highest BCUT2D eigenvalue weighted by atomic mass is 79.9. The average Bonchev–Trinajstić information content (AvgIpc) is 2.26. The summed E-state index contributed by atoms with van der Waals surface area (Å²) >= 11 is 3.46. The maximum absolute atomic E-state index is 4.13. The second kappa shape index (κ2) is 4.56. The summed E-state index contributed by atoms with van der Waals surface area (Å²) in [7, 11) is 0. The number of nitrogens with zero attached hydrogens (tertiary/aromatic N) is 1. The molecule has 0 aliphatic heterocycles. The quantitative estimate of drug-likeness (QED) is 0.759. The van der Waals surface area contributed by atoms with Gasteiger partial charge in [-0.15, -0.1) is 0 Å². The van der Waals surface area contributed by atoms with Crippen LogP contribution in [0.1, 0.15) is 12.0 Å². The van der Waals surface area contributed by atoms with Gasteiger partial charge in [-0.2, -0.15) is 0 Å². The molecular formula is C12H12BrN. The van der Waals surface area contributed by atoms with Crippen molar-refractivity contribution < 1.29 is 0 Å². The van der Waals surface area contributed by atoms with Crippen molar-refractivity contribution in [2.45, 2.75) is 12.8 Å². The Bertz CT molecular complexity index is 420. The lowest BCUT2D eigenvalue weighted by molar-refractivity contribution is 0.948. The molecule has 0 aliphatic rings. The van der Waals surface area contributed by atoms with Crippen molar-refractivity contribution in [2.24, 2.45) is 0 Å². The first kappa shape index (κ1) is 9.66. The third-order valence-electron chi connectivity index (χ3n) is 2.35. The van der Waals surface area contributed by atoms with Gasteiger partial charge in [0.1, 0.15) is 0 Å². The van der Waals surface area contributed by atoms with E-state index in [-0.39, 0.29) is 0 Å². The number of hydrogen-bond acceptors (Lipinski definition) is 1. The van der Waals surface area contributed by atoms with Crippen LogP contribution in [-0.4, -0.2) is 10.3 Å². The molecule has 0 bridgehead atoms. The van der Waals surface area contributed by atoms with Crippen molar-refractivity contribution >= 4 is 26.7 Å². The zero-order valence-corrected chi connectivity index (χ0v) is 9.50. The SMILES string of the molecule is BrCCCc1cccc2cnccc12. The minimum absolute atomic E-state index is 1.06. The van der Waals surface area contributed by atoms with E-state index in [0.717, 1.165) is 11.8 Å². The van der Waals surface area contributed by atoms with Gasteiger partial charge >= 0.3 is 0 Å². The number of halogens is 1. The van der Waals surface area contributed by atoms with Crippen LogP contribution >= 0.6 is 15.9 Å². The van der Waals surface area contributed by atoms with Crippen LogP contribution in [0.5, 0.6) is 0 Å². The minimum Gasteiger partial charge on any atom is -0.264 e. The smallest absolute Gasteiger partial charge is 0.0346 e. The highest BCUT2D eigenvalue weighted by molar-refractivity contribution is 9.09. The number of alkyl halides is 1. The Balaban J connectivity index is 2.43. The third-order valence-corrected chi connectivity index (χ3v) is 2.91. The minimum atomic E-state index is 1.06. The molecule has 1 heterocycles. The average molecular weight is 250 g/mol. The van der Waals surface area contributed by atoms with Gasteiger partial charge in [-0.1, -0.05) is 34.1 Å². The second-order valence-electron chi connectivity index (χ2n) is 3.31. The molecule has 0 amide bonds. The fourth-order valence-corrected chi connectivity index (χ4v) is 1.95. The summed E-state index contributed by atoms with van der Waals surface area (Å²) in [5, 5.41) is 3.64. The summed E-state index contributed by atoms with van der Waals surface area (Å²) < 4.78 is 0. The molecule has 1 aromatic carbocycles. The van der Waals surface area contributed by atoms with Gasteiger partial charge in [0, 0.05) is 23.1 Å². The van der Waals surface area contributed by atoms with Crippen molar-refractivity contribution in [1.82, 2.24) is 4.98 Å². The summed E-state index contributed by atoms with van der Waals surface area (Å²) in [6.45, 7) is 0. The monoisotopic (exact) mass is 249 g/mol. The molecule has 72 valence electrons. The number of pyridine rings is 1. The Kier molecular flexibility index (Phi) is 3.14. The van der Waals surface area contributed by atoms with E-state index in [9.17, 15) is 0 Å². The zero-order chi connectivity index (χ0) is 9.80. The van der Waals surface area contributed by atoms with Crippen molar-refractivity contribution in [1.29, 1.82) is 0 Å². The molecule has 0 fully saturated rings. The van der Waals surface area contributed by atoms with E-state index in [1.807, 2.05) is 12.4 Å². The summed E-state index contributed by atoms with van der Waals surface area (Å²) in [6.07, 6.45) is 6.10. The van der Waals surface area contributed by atoms with Crippen molar-refractivity contribution in [2.75, 3.05) is 5.33 Å². The van der Waals surface area contributed by atoms with Crippen molar-refractivity contribution in [3.8, 4) is 0 Å². The molecule has 0 saturated carbocycles. The molecule has 1 aromatic heterocycles. The van der Waals surface area contributed by atoms with E-state index in [1.54, 1.807) is 0 Å². The molecule has 2 heteroatoms. The lowest BCUT2D eigenvalue weighted by Crippen LogP contribution is -1.88. The Morgan fingerprint density at radius 3 is 3.00 bits per heavy atom. The fourth-order valence-electron chi connectivity index (χ4n) is 1.66. The standard InChI is InChI=1S/C12H12BrN/c13-7-2-5-10-3-1-4-11-9-14-8-6-12(10)11/h1,3-4,6,8-9H,2,5,7H2. The van der Waals surface area contributed by atoms with Crippen LogP contribution in [0, 0.1) is 0 Å². The van der Waals surface area contributed by atoms with Crippen LogP contribution in [0.4, 0.5) is 0 Å². The first-order valence-corrected chi connectivity index (χ1v) is 5.91. The predicted octanol–water partition coefficient (Wildman–Crippen LogP) is 3.56. The number of aryl methyl sites for hydroxylation is 1. The second-order valence-corrected chi connectivity index (χ2v) is 4.10. The van der Waals surface area contributed by atoms with Crippen LogP contribution in [0.15, 0.2) is 36.7 Å². The highest BCUT2D eigenvalue weighted by Gasteiger charge is 1.99. The number of aromatic nitrogens is 1. The number of fused-ring (bicyclic) bond motifs is 1. The summed E-state index contributed by atoms with van der Waals surface area (Å²) in [4.78, 5) is 4.13. The molecule has 14 heavy (non-hydrogen) atoms. The molecule has 0 unspecified atom stereocenters. The number of benzene rings is 1. The first-order chi connectivity index (χ1) is 6.92. The van der Waals surface area contributed by atoms with Gasteiger partial charge in [0.15, 0.2) is 0 Å². The molecule has 2 aromatic rings. The van der Waals surface area contributed by atoms with Crippen molar-refractivity contribution in [3.05, 3.63) is 42.2 Å². The molecule has 0 spiro atoms. The summed E-state index contributed by atoms with van der Waals surface area (Å²) in [5.41, 5.74) is 1.42. The van der Waals surface area contributed by atoms with E-state index in [4.69, 9.17) is 0 Å². The molecule has 1 nitrogen and oxygen atoms in total. The fraction of sp³-hybridized carbons (Fsp3) is 0.250. The zero-order valence-electron chi connectivity index (χ0n) is 7.91. The highest BCUT2D eigenvalue weighted by Crippen LogP contribution is 2.18. The van der Waals surface area contributed by atoms with Gasteiger partial charge < -0.3 is 0 Å². The number of rotatable bonds is 3. The molecule has 0 atom stereocenters. The van der Waals surface area contributed by atoms with Gasteiger partial charge in [-0.25, -0.2) is 0 Å². The van der Waals surface area contributed by atoms with E-state index < -0.39 is 0 Å². The molecule has 0 radical (unpaired) electrons. The van der Waals surface area contributed by atoms with E-state index in [0.29, 0.717) is 0 Å². The van der Waals surface area contributed by atoms with Crippen LogP contribution in [0.25, 0.3) is 10.8 Å². The van der Waals surface area contributed by atoms with Gasteiger partial charge in [-0.05, 0) is 29.9 Å². The normalized spacial score (nSPS) is 10.6. The Labute approximate surface area is 92.3 Å². The molecular weight excluding hydrogens is 238 g/mol. The summed E-state index contributed by atoms with van der Waals surface area (Å²) in [5.74, 6) is 0. The molecule has 0 aliphatic carbocycles. The predicted molar refractivity (Wildman–Crippen MR) is 63.9 cm³/mol.